The van der Waals surface area contributed by atoms with E-state index >= 15 is 0 Å². The van der Waals surface area contributed by atoms with Gasteiger partial charge in [0.2, 0.25) is 0 Å². The molecule has 0 spiro atoms. The zero-order valence-corrected chi connectivity index (χ0v) is 16.5. The summed E-state index contributed by atoms with van der Waals surface area (Å²) in [5, 5.41) is 35.3. The molecule has 0 fully saturated rings. The van der Waals surface area contributed by atoms with Crippen LogP contribution in [0.5, 0.6) is 0 Å². The van der Waals surface area contributed by atoms with Crippen LogP contribution in [-0.2, 0) is 0 Å². The van der Waals surface area contributed by atoms with Crippen LogP contribution in [0.15, 0.2) is 60.7 Å². The number of carboxylic acids is 2. The molecule has 2 rings (SSSR count). The van der Waals surface area contributed by atoms with Gasteiger partial charge in [0.15, 0.2) is 0 Å². The van der Waals surface area contributed by atoms with Gasteiger partial charge in [0.25, 0.3) is 0 Å². The molecular formula is C22H30O6. The van der Waals surface area contributed by atoms with Gasteiger partial charge in [-0.25, -0.2) is 9.59 Å². The van der Waals surface area contributed by atoms with Crippen LogP contribution >= 0.6 is 0 Å². The summed E-state index contributed by atoms with van der Waals surface area (Å²) in [5.41, 5.74) is 0.662. The Balaban J connectivity index is 0.000000391. The second kappa shape index (κ2) is 14.4. The second-order valence-electron chi connectivity index (χ2n) is 6.13. The molecule has 2 aromatic carbocycles. The molecule has 6 heteroatoms. The SMILES string of the molecule is CCC(O)C(CC)C(C)O.O=C(O)c1ccccc1.O=C(O)c1ccccc1. The first kappa shape index (κ1) is 25.3. The first-order valence-electron chi connectivity index (χ1n) is 9.17. The number of rotatable bonds is 6. The van der Waals surface area contributed by atoms with E-state index < -0.39 is 11.9 Å². The van der Waals surface area contributed by atoms with Gasteiger partial charge < -0.3 is 20.4 Å². The molecule has 0 aliphatic carbocycles. The van der Waals surface area contributed by atoms with E-state index in [0.717, 1.165) is 12.8 Å². The molecule has 2 aromatic rings. The average molecular weight is 390 g/mol. The summed E-state index contributed by atoms with van der Waals surface area (Å²) in [6.07, 6.45) is 0.834. The van der Waals surface area contributed by atoms with Gasteiger partial charge in [-0.05, 0) is 44.0 Å². The quantitative estimate of drug-likeness (QED) is 0.594. The molecule has 0 aliphatic rings. The lowest BCUT2D eigenvalue weighted by Gasteiger charge is -2.22. The lowest BCUT2D eigenvalue weighted by atomic mass is 9.93. The van der Waals surface area contributed by atoms with E-state index in [9.17, 15) is 14.7 Å². The van der Waals surface area contributed by atoms with Crippen LogP contribution in [0.1, 0.15) is 54.3 Å². The molecule has 0 bridgehead atoms. The first-order valence-corrected chi connectivity index (χ1v) is 9.17. The maximum atomic E-state index is 10.2. The normalized spacial score (nSPS) is 12.9. The number of aliphatic hydroxyl groups excluding tert-OH is 2. The minimum atomic E-state index is -0.879. The van der Waals surface area contributed by atoms with Crippen LogP contribution in [0, 0.1) is 5.92 Å². The highest BCUT2D eigenvalue weighted by molar-refractivity contribution is 5.87. The zero-order chi connectivity index (χ0) is 21.5. The van der Waals surface area contributed by atoms with Gasteiger partial charge >= 0.3 is 11.9 Å². The Morgan fingerprint density at radius 2 is 1.11 bits per heavy atom. The summed E-state index contributed by atoms with van der Waals surface area (Å²) in [6.45, 7) is 5.64. The van der Waals surface area contributed by atoms with Gasteiger partial charge in [0.1, 0.15) is 0 Å². The van der Waals surface area contributed by atoms with Gasteiger partial charge in [-0.15, -0.1) is 0 Å². The van der Waals surface area contributed by atoms with Crippen molar-refractivity contribution in [2.24, 2.45) is 5.92 Å². The molecule has 0 aromatic heterocycles. The number of carboxylic acid groups (broad SMARTS) is 2. The molecule has 0 radical (unpaired) electrons. The molecule has 6 nitrogen and oxygen atoms in total. The maximum Gasteiger partial charge on any atom is 0.335 e. The standard InChI is InChI=1S/C8H18O2.2C7H6O2/c1-4-7(6(3)9)8(10)5-2;2*8-7(9)6-4-2-1-3-5-6/h6-10H,4-5H2,1-3H3;2*1-5H,(H,8,9). The summed E-state index contributed by atoms with van der Waals surface area (Å²) in [7, 11) is 0. The highest BCUT2D eigenvalue weighted by Crippen LogP contribution is 2.15. The van der Waals surface area contributed by atoms with Crippen LogP contribution in [0.25, 0.3) is 0 Å². The Hall–Kier alpha value is -2.70. The second-order valence-corrected chi connectivity index (χ2v) is 6.13. The van der Waals surface area contributed by atoms with Gasteiger partial charge in [-0.2, -0.15) is 0 Å². The zero-order valence-electron chi connectivity index (χ0n) is 16.5. The lowest BCUT2D eigenvalue weighted by molar-refractivity contribution is 0.0180. The van der Waals surface area contributed by atoms with Crippen molar-refractivity contribution in [2.45, 2.75) is 45.8 Å². The third-order valence-electron chi connectivity index (χ3n) is 4.05. The Morgan fingerprint density at radius 3 is 1.25 bits per heavy atom. The van der Waals surface area contributed by atoms with Crippen molar-refractivity contribution in [3.63, 3.8) is 0 Å². The molecule has 0 saturated heterocycles. The number of aromatic carboxylic acids is 2. The Labute approximate surface area is 166 Å². The molecule has 0 amide bonds. The highest BCUT2D eigenvalue weighted by Gasteiger charge is 2.19. The van der Waals surface area contributed by atoms with Crippen molar-refractivity contribution >= 4 is 11.9 Å². The number of aliphatic hydroxyl groups is 2. The number of carbonyl (C=O) groups is 2. The van der Waals surface area contributed by atoms with Gasteiger partial charge in [0, 0.05) is 5.92 Å². The molecule has 0 heterocycles. The van der Waals surface area contributed by atoms with E-state index in [0.29, 0.717) is 11.1 Å². The van der Waals surface area contributed by atoms with E-state index in [2.05, 4.69) is 0 Å². The highest BCUT2D eigenvalue weighted by atomic mass is 16.4. The van der Waals surface area contributed by atoms with Crippen LogP contribution < -0.4 is 0 Å². The topological polar surface area (TPSA) is 115 Å². The fourth-order valence-corrected chi connectivity index (χ4v) is 2.40. The molecule has 3 atom stereocenters. The molecule has 28 heavy (non-hydrogen) atoms. The van der Waals surface area contributed by atoms with Crippen molar-refractivity contribution in [1.29, 1.82) is 0 Å². The number of hydrogen-bond donors (Lipinski definition) is 4. The molecule has 0 aliphatic heterocycles. The molecule has 3 unspecified atom stereocenters. The average Bonchev–Trinajstić information content (AvgIpc) is 2.70. The predicted molar refractivity (Wildman–Crippen MR) is 109 cm³/mol. The lowest BCUT2D eigenvalue weighted by Crippen LogP contribution is -2.28. The van der Waals surface area contributed by atoms with Crippen molar-refractivity contribution in [3.8, 4) is 0 Å². The molecule has 4 N–H and O–H groups in total. The third kappa shape index (κ3) is 10.4. The van der Waals surface area contributed by atoms with Crippen molar-refractivity contribution in [1.82, 2.24) is 0 Å². The predicted octanol–water partition coefficient (Wildman–Crippen LogP) is 3.93. The fourth-order valence-electron chi connectivity index (χ4n) is 2.40. The van der Waals surface area contributed by atoms with E-state index in [-0.39, 0.29) is 18.1 Å². The summed E-state index contributed by atoms with van der Waals surface area (Å²) >= 11 is 0. The van der Waals surface area contributed by atoms with E-state index in [1.807, 2.05) is 13.8 Å². The third-order valence-corrected chi connectivity index (χ3v) is 4.05. The minimum absolute atomic E-state index is 0.0463. The van der Waals surface area contributed by atoms with Crippen molar-refractivity contribution in [3.05, 3.63) is 71.8 Å². The smallest absolute Gasteiger partial charge is 0.335 e. The maximum absolute atomic E-state index is 10.2. The van der Waals surface area contributed by atoms with Crippen LogP contribution in [0.2, 0.25) is 0 Å². The summed E-state index contributed by atoms with van der Waals surface area (Å²) < 4.78 is 0. The van der Waals surface area contributed by atoms with E-state index in [1.165, 1.54) is 0 Å². The Bertz CT molecular complexity index is 620. The Morgan fingerprint density at radius 1 is 0.750 bits per heavy atom. The monoisotopic (exact) mass is 390 g/mol. The minimum Gasteiger partial charge on any atom is -0.478 e. The summed E-state index contributed by atoms with van der Waals surface area (Å²) in [6, 6.07) is 16.6. The summed E-state index contributed by atoms with van der Waals surface area (Å²) in [4.78, 5) is 20.4. The van der Waals surface area contributed by atoms with Crippen LogP contribution in [-0.4, -0.2) is 44.6 Å². The van der Waals surface area contributed by atoms with E-state index in [1.54, 1.807) is 67.6 Å². The molecule has 154 valence electrons. The molecular weight excluding hydrogens is 360 g/mol. The fraction of sp³-hybridized carbons (Fsp3) is 0.364. The first-order chi connectivity index (χ1) is 13.2. The number of benzene rings is 2. The largest absolute Gasteiger partial charge is 0.478 e. The van der Waals surface area contributed by atoms with Crippen LogP contribution in [0.4, 0.5) is 0 Å². The Kier molecular flexibility index (Phi) is 13.0. The van der Waals surface area contributed by atoms with Gasteiger partial charge in [0.05, 0.1) is 23.3 Å². The molecule has 0 saturated carbocycles. The van der Waals surface area contributed by atoms with Crippen LogP contribution in [0.3, 0.4) is 0 Å². The van der Waals surface area contributed by atoms with Gasteiger partial charge in [-0.3, -0.25) is 0 Å². The van der Waals surface area contributed by atoms with Gasteiger partial charge in [-0.1, -0.05) is 50.2 Å². The summed E-state index contributed by atoms with van der Waals surface area (Å²) in [5.74, 6) is -1.71. The number of hydrogen-bond acceptors (Lipinski definition) is 4. The van der Waals surface area contributed by atoms with E-state index in [4.69, 9.17) is 15.3 Å². The van der Waals surface area contributed by atoms with Crippen molar-refractivity contribution < 1.29 is 30.0 Å². The van der Waals surface area contributed by atoms with Crippen molar-refractivity contribution in [2.75, 3.05) is 0 Å².